The molecule has 0 radical (unpaired) electrons. The van der Waals surface area contributed by atoms with Gasteiger partial charge in [-0.3, -0.25) is 14.9 Å². The number of nitro benzene ring substituents is 1. The molecule has 10 heteroatoms. The number of benzene rings is 2. The fraction of sp³-hybridized carbons (Fsp3) is 0.417. The molecule has 0 unspecified atom stereocenters. The first-order chi connectivity index (χ1) is 16.5. The summed E-state index contributed by atoms with van der Waals surface area (Å²) in [7, 11) is 0. The molecule has 0 saturated carbocycles. The van der Waals surface area contributed by atoms with Crippen LogP contribution in [0, 0.1) is 10.1 Å². The number of amides is 1. The first-order valence-corrected chi connectivity index (χ1v) is 13.6. The summed E-state index contributed by atoms with van der Waals surface area (Å²) in [5.74, 6) is -0.151. The topological polar surface area (TPSA) is 82.8 Å². The second-order valence-corrected chi connectivity index (χ2v) is 10.5. The molecule has 8 nitrogen and oxygen atoms in total. The van der Waals surface area contributed by atoms with Crippen LogP contribution in [-0.2, 0) is 0 Å². The van der Waals surface area contributed by atoms with Crippen LogP contribution in [0.15, 0.2) is 41.3 Å². The maximum Gasteiger partial charge on any atom is 0.293 e. The van der Waals surface area contributed by atoms with Crippen molar-refractivity contribution in [3.8, 4) is 0 Å². The van der Waals surface area contributed by atoms with E-state index in [1.54, 1.807) is 40.1 Å². The monoisotopic (exact) mass is 497 g/mol. The van der Waals surface area contributed by atoms with Crippen molar-refractivity contribution in [2.24, 2.45) is 0 Å². The van der Waals surface area contributed by atoms with Gasteiger partial charge in [0.05, 0.1) is 15.1 Å². The molecule has 1 amide bonds. The highest BCUT2D eigenvalue weighted by Gasteiger charge is 2.27. The van der Waals surface area contributed by atoms with E-state index in [2.05, 4.69) is 34.3 Å². The van der Waals surface area contributed by atoms with Gasteiger partial charge in [-0.25, -0.2) is 4.98 Å². The van der Waals surface area contributed by atoms with Crippen LogP contribution in [0.4, 0.5) is 16.5 Å². The van der Waals surface area contributed by atoms with Gasteiger partial charge < -0.3 is 14.7 Å². The molecule has 2 aliphatic heterocycles. The molecule has 178 valence electrons. The number of rotatable bonds is 5. The molecule has 0 N–H and O–H groups in total. The molecule has 1 aromatic heterocycles. The zero-order valence-electron chi connectivity index (χ0n) is 19.1. The first-order valence-electron chi connectivity index (χ1n) is 11.6. The molecule has 34 heavy (non-hydrogen) atoms. The number of hydrogen-bond donors (Lipinski definition) is 0. The maximum atomic E-state index is 13.2. The number of anilines is 2. The Balaban J connectivity index is 1.28. The third-order valence-electron chi connectivity index (χ3n) is 6.54. The van der Waals surface area contributed by atoms with Crippen LogP contribution in [0.25, 0.3) is 10.2 Å². The number of thioether (sulfide) groups is 1. The van der Waals surface area contributed by atoms with E-state index >= 15 is 0 Å². The normalized spacial score (nSPS) is 16.8. The first kappa shape index (κ1) is 22.9. The highest BCUT2D eigenvalue weighted by Crippen LogP contribution is 2.33. The number of fused-ring (bicyclic) bond motifs is 1. The van der Waals surface area contributed by atoms with Gasteiger partial charge in [0.2, 0.25) is 0 Å². The van der Waals surface area contributed by atoms with E-state index in [1.807, 2.05) is 0 Å². The zero-order chi connectivity index (χ0) is 23.7. The summed E-state index contributed by atoms with van der Waals surface area (Å²) in [6.45, 7) is 4.14. The number of nitro groups is 1. The molecule has 0 spiro atoms. The smallest absolute Gasteiger partial charge is 0.293 e. The van der Waals surface area contributed by atoms with Crippen molar-refractivity contribution in [2.75, 3.05) is 55.3 Å². The van der Waals surface area contributed by atoms with Crippen molar-refractivity contribution in [1.29, 1.82) is 0 Å². The van der Waals surface area contributed by atoms with Crippen LogP contribution < -0.4 is 9.80 Å². The molecule has 2 saturated heterocycles. The van der Waals surface area contributed by atoms with Crippen LogP contribution in [0.5, 0.6) is 0 Å². The summed E-state index contributed by atoms with van der Waals surface area (Å²) < 4.78 is 1.17. The van der Waals surface area contributed by atoms with Crippen LogP contribution in [0.1, 0.15) is 29.6 Å². The van der Waals surface area contributed by atoms with E-state index in [0.29, 0.717) is 37.4 Å². The van der Waals surface area contributed by atoms with E-state index < -0.39 is 0 Å². The van der Waals surface area contributed by atoms with Crippen molar-refractivity contribution in [2.45, 2.75) is 24.2 Å². The number of thiazole rings is 1. The third kappa shape index (κ3) is 4.56. The van der Waals surface area contributed by atoms with Gasteiger partial charge in [-0.15, -0.1) is 11.8 Å². The van der Waals surface area contributed by atoms with E-state index in [9.17, 15) is 14.9 Å². The Labute approximate surface area is 206 Å². The number of nitrogens with zero attached hydrogens (tertiary/aromatic N) is 5. The molecule has 5 rings (SSSR count). The molecule has 2 aliphatic rings. The van der Waals surface area contributed by atoms with Gasteiger partial charge in [-0.1, -0.05) is 11.3 Å². The number of aromatic nitrogens is 1. The lowest BCUT2D eigenvalue weighted by Crippen LogP contribution is -2.48. The number of piperazine rings is 1. The van der Waals surface area contributed by atoms with Crippen LogP contribution in [0.2, 0.25) is 0 Å². The predicted octanol–water partition coefficient (Wildman–Crippen LogP) is 4.88. The van der Waals surface area contributed by atoms with Gasteiger partial charge in [0.1, 0.15) is 5.69 Å². The van der Waals surface area contributed by atoms with Crippen molar-refractivity contribution in [3.63, 3.8) is 0 Å². The van der Waals surface area contributed by atoms with Gasteiger partial charge >= 0.3 is 0 Å². The highest BCUT2D eigenvalue weighted by molar-refractivity contribution is 7.98. The molecule has 3 heterocycles. The molecule has 0 bridgehead atoms. The number of hydrogen-bond acceptors (Lipinski definition) is 8. The molecule has 0 aliphatic carbocycles. The van der Waals surface area contributed by atoms with E-state index in [4.69, 9.17) is 4.98 Å². The van der Waals surface area contributed by atoms with Crippen LogP contribution >= 0.6 is 23.1 Å². The summed E-state index contributed by atoms with van der Waals surface area (Å²) in [6.07, 6.45) is 5.29. The number of carbonyl (C=O) groups is 1. The average Bonchev–Trinajstić information content (AvgIpc) is 3.32. The van der Waals surface area contributed by atoms with E-state index in [1.165, 1.54) is 15.7 Å². The molecule has 0 atom stereocenters. The van der Waals surface area contributed by atoms with Gasteiger partial charge in [0, 0.05) is 55.8 Å². The molecular weight excluding hydrogens is 470 g/mol. The average molecular weight is 498 g/mol. The van der Waals surface area contributed by atoms with Crippen LogP contribution in [-0.4, -0.2) is 66.2 Å². The highest BCUT2D eigenvalue weighted by atomic mass is 32.2. The van der Waals surface area contributed by atoms with Crippen LogP contribution in [0.3, 0.4) is 0 Å². The second-order valence-electron chi connectivity index (χ2n) is 8.62. The minimum absolute atomic E-state index is 0.0190. The predicted molar refractivity (Wildman–Crippen MR) is 139 cm³/mol. The largest absolute Gasteiger partial charge is 0.366 e. The molecule has 2 aromatic carbocycles. The lowest BCUT2D eigenvalue weighted by Gasteiger charge is -2.34. The second kappa shape index (κ2) is 9.79. The molecule has 2 fully saturated rings. The third-order valence-corrected chi connectivity index (χ3v) is 8.34. The van der Waals surface area contributed by atoms with Gasteiger partial charge in [-0.2, -0.15) is 0 Å². The summed E-state index contributed by atoms with van der Waals surface area (Å²) in [4.78, 5) is 36.6. The Kier molecular flexibility index (Phi) is 6.60. The quantitative estimate of drug-likeness (QED) is 0.282. The van der Waals surface area contributed by atoms with Gasteiger partial charge in [0.15, 0.2) is 5.13 Å². The molecular formula is C24H27N5O3S2. The van der Waals surface area contributed by atoms with Crippen molar-refractivity contribution in [3.05, 3.63) is 52.1 Å². The Morgan fingerprint density at radius 1 is 1.00 bits per heavy atom. The lowest BCUT2D eigenvalue weighted by molar-refractivity contribution is -0.384. The minimum Gasteiger partial charge on any atom is -0.366 e. The Morgan fingerprint density at radius 2 is 1.76 bits per heavy atom. The van der Waals surface area contributed by atoms with E-state index in [0.717, 1.165) is 43.0 Å². The SMILES string of the molecule is CSc1ccc2nc(N3CCN(C(=O)c4ccc(N5CCCCC5)c([N+](=O)[O-])c4)CC3)sc2c1. The maximum absolute atomic E-state index is 13.2. The molecule has 3 aromatic rings. The lowest BCUT2D eigenvalue weighted by atomic mass is 10.1. The summed E-state index contributed by atoms with van der Waals surface area (Å²) >= 11 is 3.40. The van der Waals surface area contributed by atoms with Gasteiger partial charge in [0.25, 0.3) is 11.6 Å². The Bertz CT molecular complexity index is 1220. The number of carbonyl (C=O) groups excluding carboxylic acids is 1. The summed E-state index contributed by atoms with van der Waals surface area (Å²) in [5.41, 5.74) is 2.01. The Morgan fingerprint density at radius 3 is 2.47 bits per heavy atom. The standard InChI is InChI=1S/C24H27N5O3S2/c1-33-18-6-7-19-22(16-18)34-24(25-19)28-13-11-27(12-14-28)23(30)17-5-8-20(21(15-17)29(31)32)26-9-3-2-4-10-26/h5-8,15-16H,2-4,9-14H2,1H3. The van der Waals surface area contributed by atoms with Crippen molar-refractivity contribution >= 4 is 55.7 Å². The Hall–Kier alpha value is -2.85. The summed E-state index contributed by atoms with van der Waals surface area (Å²) in [5, 5.41) is 12.7. The fourth-order valence-electron chi connectivity index (χ4n) is 4.64. The minimum atomic E-state index is -0.367. The number of piperidine rings is 1. The zero-order valence-corrected chi connectivity index (χ0v) is 20.7. The van der Waals surface area contributed by atoms with Gasteiger partial charge in [-0.05, 0) is 55.9 Å². The fourth-order valence-corrected chi connectivity index (χ4v) is 6.21. The van der Waals surface area contributed by atoms with Crippen molar-refractivity contribution < 1.29 is 9.72 Å². The van der Waals surface area contributed by atoms with E-state index in [-0.39, 0.29) is 16.5 Å². The summed E-state index contributed by atoms with van der Waals surface area (Å²) in [6, 6.07) is 11.3. The van der Waals surface area contributed by atoms with Crippen molar-refractivity contribution in [1.82, 2.24) is 9.88 Å².